The van der Waals surface area contributed by atoms with Gasteiger partial charge < -0.3 is 20.1 Å². The predicted molar refractivity (Wildman–Crippen MR) is 90.9 cm³/mol. The number of aromatic nitrogens is 2. The first-order valence-electron chi connectivity index (χ1n) is 7.87. The van der Waals surface area contributed by atoms with E-state index in [1.165, 1.54) is 6.33 Å². The normalized spacial score (nSPS) is 17.4. The van der Waals surface area contributed by atoms with Gasteiger partial charge in [-0.3, -0.25) is 4.79 Å². The van der Waals surface area contributed by atoms with Crippen LogP contribution in [-0.2, 0) is 4.79 Å². The number of carboxylic acid groups (broad SMARTS) is 1. The van der Waals surface area contributed by atoms with Crippen molar-refractivity contribution in [2.75, 3.05) is 30.4 Å². The molecule has 7 nitrogen and oxygen atoms in total. The van der Waals surface area contributed by atoms with E-state index in [1.54, 1.807) is 7.11 Å². The minimum absolute atomic E-state index is 0.348. The first-order valence-corrected chi connectivity index (χ1v) is 7.87. The van der Waals surface area contributed by atoms with E-state index in [4.69, 9.17) is 4.74 Å². The second-order valence-corrected chi connectivity index (χ2v) is 5.71. The summed E-state index contributed by atoms with van der Waals surface area (Å²) < 4.78 is 5.32. The average Bonchev–Trinajstić information content (AvgIpc) is 2.62. The smallest absolute Gasteiger partial charge is 0.308 e. The Bertz CT molecular complexity index is 722. The third kappa shape index (κ3) is 3.56. The summed E-state index contributed by atoms with van der Waals surface area (Å²) in [6, 6.07) is 9.41. The molecule has 24 heavy (non-hydrogen) atoms. The zero-order chi connectivity index (χ0) is 16.9. The third-order valence-electron chi connectivity index (χ3n) is 4.12. The van der Waals surface area contributed by atoms with Crippen LogP contribution in [0, 0.1) is 5.92 Å². The largest absolute Gasteiger partial charge is 0.495 e. The van der Waals surface area contributed by atoms with Gasteiger partial charge in [0.1, 0.15) is 23.7 Å². The summed E-state index contributed by atoms with van der Waals surface area (Å²) >= 11 is 0. The van der Waals surface area contributed by atoms with E-state index in [2.05, 4.69) is 15.3 Å². The molecular weight excluding hydrogens is 308 g/mol. The van der Waals surface area contributed by atoms with E-state index < -0.39 is 5.97 Å². The molecule has 0 radical (unpaired) electrons. The van der Waals surface area contributed by atoms with Crippen LogP contribution >= 0.6 is 0 Å². The van der Waals surface area contributed by atoms with Crippen molar-refractivity contribution in [2.45, 2.75) is 12.8 Å². The number of anilines is 3. The number of carbonyl (C=O) groups is 1. The Balaban J connectivity index is 1.78. The molecule has 0 bridgehead atoms. The number of carboxylic acids is 1. The Morgan fingerprint density at radius 3 is 3.00 bits per heavy atom. The van der Waals surface area contributed by atoms with Crippen molar-refractivity contribution in [1.82, 2.24) is 9.97 Å². The molecule has 126 valence electrons. The van der Waals surface area contributed by atoms with Crippen molar-refractivity contribution in [3.8, 4) is 5.75 Å². The van der Waals surface area contributed by atoms with Gasteiger partial charge in [-0.2, -0.15) is 0 Å². The van der Waals surface area contributed by atoms with Gasteiger partial charge in [-0.25, -0.2) is 9.97 Å². The van der Waals surface area contributed by atoms with Crippen molar-refractivity contribution in [3.05, 3.63) is 36.7 Å². The molecule has 1 aliphatic heterocycles. The molecule has 7 heteroatoms. The summed E-state index contributed by atoms with van der Waals surface area (Å²) in [5.74, 6) is 0.998. The second kappa shape index (κ2) is 7.16. The lowest BCUT2D eigenvalue weighted by molar-refractivity contribution is -0.141. The van der Waals surface area contributed by atoms with Crippen LogP contribution in [0.25, 0.3) is 0 Å². The molecule has 1 fully saturated rings. The molecule has 0 saturated carbocycles. The molecular formula is C17H20N4O3. The summed E-state index contributed by atoms with van der Waals surface area (Å²) in [4.78, 5) is 21.8. The minimum atomic E-state index is -0.749. The second-order valence-electron chi connectivity index (χ2n) is 5.71. The number of piperidine rings is 1. The summed E-state index contributed by atoms with van der Waals surface area (Å²) in [6.45, 7) is 1.27. The van der Waals surface area contributed by atoms with Crippen LogP contribution < -0.4 is 15.0 Å². The zero-order valence-corrected chi connectivity index (χ0v) is 13.5. The number of ether oxygens (including phenoxy) is 1. The van der Waals surface area contributed by atoms with E-state index in [9.17, 15) is 9.90 Å². The number of nitrogens with one attached hydrogen (secondary N) is 1. The minimum Gasteiger partial charge on any atom is -0.495 e. The van der Waals surface area contributed by atoms with Gasteiger partial charge in [0.25, 0.3) is 0 Å². The lowest BCUT2D eigenvalue weighted by Gasteiger charge is -2.31. The summed E-state index contributed by atoms with van der Waals surface area (Å²) in [5.41, 5.74) is 0.812. The van der Waals surface area contributed by atoms with Gasteiger partial charge in [0, 0.05) is 19.2 Å². The summed E-state index contributed by atoms with van der Waals surface area (Å²) in [7, 11) is 1.62. The van der Waals surface area contributed by atoms with E-state index >= 15 is 0 Å². The quantitative estimate of drug-likeness (QED) is 0.872. The number of nitrogens with zero attached hydrogens (tertiary/aromatic N) is 3. The Morgan fingerprint density at radius 2 is 2.21 bits per heavy atom. The average molecular weight is 328 g/mol. The SMILES string of the molecule is COc1ccccc1Nc1cc(N2CCC[C@H](C(=O)O)C2)ncn1. The molecule has 0 spiro atoms. The van der Waals surface area contributed by atoms with Gasteiger partial charge in [0.2, 0.25) is 0 Å². The predicted octanol–water partition coefficient (Wildman–Crippen LogP) is 2.53. The Morgan fingerprint density at radius 1 is 1.38 bits per heavy atom. The van der Waals surface area contributed by atoms with Gasteiger partial charge in [-0.1, -0.05) is 12.1 Å². The lowest BCUT2D eigenvalue weighted by atomic mass is 9.98. The highest BCUT2D eigenvalue weighted by Crippen LogP contribution is 2.28. The number of rotatable bonds is 5. The molecule has 2 heterocycles. The zero-order valence-electron chi connectivity index (χ0n) is 13.5. The summed E-state index contributed by atoms with van der Waals surface area (Å²) in [6.07, 6.45) is 3.04. The van der Waals surface area contributed by atoms with Crippen LogP contribution in [0.15, 0.2) is 36.7 Å². The molecule has 1 aliphatic rings. The van der Waals surface area contributed by atoms with Crippen molar-refractivity contribution < 1.29 is 14.6 Å². The number of benzene rings is 1. The van der Waals surface area contributed by atoms with Crippen LogP contribution in [0.1, 0.15) is 12.8 Å². The van der Waals surface area contributed by atoms with E-state index in [0.29, 0.717) is 18.8 Å². The van der Waals surface area contributed by atoms with Gasteiger partial charge in [-0.15, -0.1) is 0 Å². The number of hydrogen-bond acceptors (Lipinski definition) is 6. The fourth-order valence-electron chi connectivity index (χ4n) is 2.86. The van der Waals surface area contributed by atoms with Crippen LogP contribution in [0.2, 0.25) is 0 Å². The Labute approximate surface area is 140 Å². The van der Waals surface area contributed by atoms with Crippen LogP contribution in [-0.4, -0.2) is 41.2 Å². The van der Waals surface area contributed by atoms with Crippen molar-refractivity contribution in [2.24, 2.45) is 5.92 Å². The highest BCUT2D eigenvalue weighted by Gasteiger charge is 2.26. The van der Waals surface area contributed by atoms with Crippen molar-refractivity contribution in [3.63, 3.8) is 0 Å². The molecule has 1 atom stereocenters. The topological polar surface area (TPSA) is 87.6 Å². The maximum Gasteiger partial charge on any atom is 0.308 e. The fourth-order valence-corrected chi connectivity index (χ4v) is 2.86. The first-order chi connectivity index (χ1) is 11.7. The van der Waals surface area contributed by atoms with Gasteiger partial charge in [-0.05, 0) is 25.0 Å². The molecule has 1 aromatic carbocycles. The van der Waals surface area contributed by atoms with E-state index in [-0.39, 0.29) is 5.92 Å². The summed E-state index contributed by atoms with van der Waals surface area (Å²) in [5, 5.41) is 12.4. The van der Waals surface area contributed by atoms with Gasteiger partial charge >= 0.3 is 5.97 Å². The number of aliphatic carboxylic acids is 1. The third-order valence-corrected chi connectivity index (χ3v) is 4.12. The molecule has 2 N–H and O–H groups in total. The monoisotopic (exact) mass is 328 g/mol. The van der Waals surface area contributed by atoms with Gasteiger partial charge in [0.05, 0.1) is 18.7 Å². The van der Waals surface area contributed by atoms with Crippen LogP contribution in [0.3, 0.4) is 0 Å². The highest BCUT2D eigenvalue weighted by molar-refractivity contribution is 5.71. The van der Waals surface area contributed by atoms with E-state index in [0.717, 1.165) is 30.2 Å². The van der Waals surface area contributed by atoms with Crippen LogP contribution in [0.5, 0.6) is 5.75 Å². The molecule has 3 rings (SSSR count). The molecule has 2 aromatic rings. The molecule has 1 saturated heterocycles. The number of methoxy groups -OCH3 is 1. The number of para-hydroxylation sites is 2. The van der Waals surface area contributed by atoms with E-state index in [1.807, 2.05) is 35.2 Å². The van der Waals surface area contributed by atoms with Gasteiger partial charge in [0.15, 0.2) is 0 Å². The highest BCUT2D eigenvalue weighted by atomic mass is 16.5. The molecule has 0 amide bonds. The Hall–Kier alpha value is -2.83. The maximum atomic E-state index is 11.2. The molecule has 0 unspecified atom stereocenters. The number of hydrogen-bond donors (Lipinski definition) is 2. The lowest BCUT2D eigenvalue weighted by Crippen LogP contribution is -2.39. The van der Waals surface area contributed by atoms with Crippen molar-refractivity contribution in [1.29, 1.82) is 0 Å². The maximum absolute atomic E-state index is 11.2. The van der Waals surface area contributed by atoms with Crippen LogP contribution in [0.4, 0.5) is 17.3 Å². The fraction of sp³-hybridized carbons (Fsp3) is 0.353. The molecule has 0 aliphatic carbocycles. The molecule has 1 aromatic heterocycles. The Kier molecular flexibility index (Phi) is 4.79. The van der Waals surface area contributed by atoms with Crippen molar-refractivity contribution >= 4 is 23.3 Å². The standard InChI is InChI=1S/C17H20N4O3/c1-24-14-7-3-2-6-13(14)20-15-9-16(19-11-18-15)21-8-4-5-12(10-21)17(22)23/h2-3,6-7,9,11-12H,4-5,8,10H2,1H3,(H,22,23)(H,18,19,20)/t12-/m0/s1. The first kappa shape index (κ1) is 16.0.